The molecule has 0 aromatic heterocycles. The van der Waals surface area contributed by atoms with Gasteiger partial charge in [-0.3, -0.25) is 0 Å². The summed E-state index contributed by atoms with van der Waals surface area (Å²) in [6.07, 6.45) is 1.41. The minimum absolute atomic E-state index is 0.485. The van der Waals surface area contributed by atoms with Gasteiger partial charge in [0.05, 0.1) is 0 Å². The summed E-state index contributed by atoms with van der Waals surface area (Å²) in [4.78, 5) is 0. The maximum Gasteiger partial charge on any atom is 0.0294 e. The molecule has 15 heavy (non-hydrogen) atoms. The molecule has 0 aliphatic heterocycles. The molecule has 1 aromatic rings. The second kappa shape index (κ2) is 4.36. The van der Waals surface area contributed by atoms with Gasteiger partial charge in [0.2, 0.25) is 0 Å². The van der Waals surface area contributed by atoms with Gasteiger partial charge in [-0.15, -0.1) is 0 Å². The standard InChI is InChI=1S/C14H21N/c1-10-6-4-5-7-14(10)12(3)15-9-13-8-11(13)2/h4-7,11-13,15H,8-9H2,1-3H3. The van der Waals surface area contributed by atoms with Crippen molar-refractivity contribution in [2.75, 3.05) is 6.54 Å². The van der Waals surface area contributed by atoms with Crippen molar-refractivity contribution in [2.45, 2.75) is 33.2 Å². The monoisotopic (exact) mass is 203 g/mol. The van der Waals surface area contributed by atoms with E-state index in [4.69, 9.17) is 0 Å². The van der Waals surface area contributed by atoms with E-state index in [-0.39, 0.29) is 0 Å². The average molecular weight is 203 g/mol. The lowest BCUT2D eigenvalue weighted by Crippen LogP contribution is -2.22. The molecule has 1 fully saturated rings. The van der Waals surface area contributed by atoms with Gasteiger partial charge < -0.3 is 5.32 Å². The van der Waals surface area contributed by atoms with Crippen LogP contribution in [0.4, 0.5) is 0 Å². The van der Waals surface area contributed by atoms with E-state index in [1.807, 2.05) is 0 Å². The van der Waals surface area contributed by atoms with Crippen molar-refractivity contribution in [3.05, 3.63) is 35.4 Å². The molecule has 1 saturated carbocycles. The van der Waals surface area contributed by atoms with Crippen LogP contribution in [0, 0.1) is 18.8 Å². The first kappa shape index (κ1) is 10.7. The van der Waals surface area contributed by atoms with Gasteiger partial charge in [-0.05, 0) is 49.8 Å². The van der Waals surface area contributed by atoms with Crippen molar-refractivity contribution in [2.24, 2.45) is 11.8 Å². The van der Waals surface area contributed by atoms with Gasteiger partial charge in [-0.1, -0.05) is 31.2 Å². The lowest BCUT2D eigenvalue weighted by Gasteiger charge is -2.16. The molecule has 1 aliphatic carbocycles. The molecule has 1 heteroatoms. The van der Waals surface area contributed by atoms with E-state index in [1.165, 1.54) is 24.1 Å². The number of rotatable bonds is 4. The Kier molecular flexibility index (Phi) is 3.11. The molecule has 1 aliphatic rings. The molecule has 0 spiro atoms. The Morgan fingerprint density at radius 3 is 2.67 bits per heavy atom. The van der Waals surface area contributed by atoms with Gasteiger partial charge in [0, 0.05) is 6.04 Å². The van der Waals surface area contributed by atoms with Gasteiger partial charge in [0.1, 0.15) is 0 Å². The smallest absolute Gasteiger partial charge is 0.0294 e. The SMILES string of the molecule is Cc1ccccc1C(C)NCC1CC1C. The molecule has 82 valence electrons. The average Bonchev–Trinajstić information content (AvgIpc) is 2.92. The Morgan fingerprint density at radius 1 is 1.40 bits per heavy atom. The van der Waals surface area contributed by atoms with Crippen LogP contribution in [0.15, 0.2) is 24.3 Å². The first-order valence-electron chi connectivity index (χ1n) is 5.97. The molecular formula is C14H21N. The van der Waals surface area contributed by atoms with Crippen LogP contribution in [-0.4, -0.2) is 6.54 Å². The van der Waals surface area contributed by atoms with Crippen LogP contribution in [0.2, 0.25) is 0 Å². The number of aryl methyl sites for hydroxylation is 1. The summed E-state index contributed by atoms with van der Waals surface area (Å²) in [5.74, 6) is 1.87. The molecule has 0 radical (unpaired) electrons. The molecule has 2 rings (SSSR count). The normalized spacial score (nSPS) is 26.3. The second-order valence-corrected chi connectivity index (χ2v) is 4.96. The van der Waals surface area contributed by atoms with Crippen LogP contribution in [0.25, 0.3) is 0 Å². The summed E-state index contributed by atoms with van der Waals surface area (Å²) in [6, 6.07) is 9.13. The quantitative estimate of drug-likeness (QED) is 0.791. The Morgan fingerprint density at radius 2 is 2.07 bits per heavy atom. The largest absolute Gasteiger partial charge is 0.310 e. The first-order valence-corrected chi connectivity index (χ1v) is 5.97. The van der Waals surface area contributed by atoms with E-state index in [0.717, 1.165) is 11.8 Å². The third-order valence-electron chi connectivity index (χ3n) is 3.62. The summed E-state index contributed by atoms with van der Waals surface area (Å²) in [6.45, 7) is 7.96. The zero-order valence-electron chi connectivity index (χ0n) is 9.96. The molecule has 0 heterocycles. The molecule has 0 bridgehead atoms. The van der Waals surface area contributed by atoms with Gasteiger partial charge in [-0.25, -0.2) is 0 Å². The van der Waals surface area contributed by atoms with E-state index < -0.39 is 0 Å². The molecule has 3 atom stereocenters. The summed E-state index contributed by atoms with van der Waals surface area (Å²) in [7, 11) is 0. The van der Waals surface area contributed by atoms with E-state index >= 15 is 0 Å². The fourth-order valence-electron chi connectivity index (χ4n) is 2.19. The lowest BCUT2D eigenvalue weighted by molar-refractivity contribution is 0.533. The van der Waals surface area contributed by atoms with Crippen LogP contribution in [-0.2, 0) is 0 Å². The maximum atomic E-state index is 3.63. The highest BCUT2D eigenvalue weighted by Gasteiger charge is 2.32. The van der Waals surface area contributed by atoms with E-state index in [2.05, 4.69) is 50.4 Å². The predicted molar refractivity (Wildman–Crippen MR) is 64.9 cm³/mol. The Balaban J connectivity index is 1.90. The number of benzene rings is 1. The van der Waals surface area contributed by atoms with Crippen molar-refractivity contribution in [1.82, 2.24) is 5.32 Å². The third kappa shape index (κ3) is 2.60. The van der Waals surface area contributed by atoms with Crippen molar-refractivity contribution < 1.29 is 0 Å². The molecule has 0 amide bonds. The Bertz CT molecular complexity index is 332. The maximum absolute atomic E-state index is 3.63. The van der Waals surface area contributed by atoms with E-state index in [9.17, 15) is 0 Å². The summed E-state index contributed by atoms with van der Waals surface area (Å²) in [5.41, 5.74) is 2.83. The number of nitrogens with one attached hydrogen (secondary N) is 1. The van der Waals surface area contributed by atoms with Crippen molar-refractivity contribution in [1.29, 1.82) is 0 Å². The molecule has 3 unspecified atom stereocenters. The fraction of sp³-hybridized carbons (Fsp3) is 0.571. The van der Waals surface area contributed by atoms with Crippen molar-refractivity contribution in [3.63, 3.8) is 0 Å². The van der Waals surface area contributed by atoms with Crippen molar-refractivity contribution in [3.8, 4) is 0 Å². The Hall–Kier alpha value is -0.820. The molecule has 1 N–H and O–H groups in total. The fourth-order valence-corrected chi connectivity index (χ4v) is 2.19. The number of hydrogen-bond donors (Lipinski definition) is 1. The second-order valence-electron chi connectivity index (χ2n) is 4.96. The highest BCUT2D eigenvalue weighted by molar-refractivity contribution is 5.28. The molecule has 1 nitrogen and oxygen atoms in total. The third-order valence-corrected chi connectivity index (χ3v) is 3.62. The lowest BCUT2D eigenvalue weighted by atomic mass is 10.0. The molecule has 0 saturated heterocycles. The Labute approximate surface area is 92.9 Å². The predicted octanol–water partition coefficient (Wildman–Crippen LogP) is 3.30. The van der Waals surface area contributed by atoms with Crippen LogP contribution >= 0.6 is 0 Å². The minimum Gasteiger partial charge on any atom is -0.310 e. The van der Waals surface area contributed by atoms with E-state index in [1.54, 1.807) is 0 Å². The van der Waals surface area contributed by atoms with Gasteiger partial charge in [0.15, 0.2) is 0 Å². The van der Waals surface area contributed by atoms with Gasteiger partial charge in [-0.2, -0.15) is 0 Å². The van der Waals surface area contributed by atoms with Crippen LogP contribution in [0.5, 0.6) is 0 Å². The zero-order chi connectivity index (χ0) is 10.8. The zero-order valence-corrected chi connectivity index (χ0v) is 9.96. The van der Waals surface area contributed by atoms with Gasteiger partial charge >= 0.3 is 0 Å². The summed E-state index contributed by atoms with van der Waals surface area (Å²) < 4.78 is 0. The molecular weight excluding hydrogens is 182 g/mol. The highest BCUT2D eigenvalue weighted by atomic mass is 14.9. The highest BCUT2D eigenvalue weighted by Crippen LogP contribution is 2.37. The van der Waals surface area contributed by atoms with Crippen LogP contribution < -0.4 is 5.32 Å². The topological polar surface area (TPSA) is 12.0 Å². The van der Waals surface area contributed by atoms with E-state index in [0.29, 0.717) is 6.04 Å². The van der Waals surface area contributed by atoms with Crippen LogP contribution in [0.3, 0.4) is 0 Å². The van der Waals surface area contributed by atoms with Crippen molar-refractivity contribution >= 4 is 0 Å². The minimum atomic E-state index is 0.485. The first-order chi connectivity index (χ1) is 7.18. The number of hydrogen-bond acceptors (Lipinski definition) is 1. The summed E-state index contributed by atoms with van der Waals surface area (Å²) >= 11 is 0. The summed E-state index contributed by atoms with van der Waals surface area (Å²) in [5, 5.41) is 3.63. The molecule has 1 aromatic carbocycles. The van der Waals surface area contributed by atoms with Gasteiger partial charge in [0.25, 0.3) is 0 Å². The van der Waals surface area contributed by atoms with Crippen LogP contribution in [0.1, 0.15) is 37.4 Å².